The number of imide groups is 1. The van der Waals surface area contributed by atoms with Crippen LogP contribution in [0.3, 0.4) is 0 Å². The zero-order valence-corrected chi connectivity index (χ0v) is 15.1. The van der Waals surface area contributed by atoms with Gasteiger partial charge >= 0.3 is 12.0 Å². The van der Waals surface area contributed by atoms with Crippen LogP contribution in [0.25, 0.3) is 0 Å². The molecule has 4 fully saturated rings. The molecule has 26 heavy (non-hydrogen) atoms. The molecule has 4 N–H and O–H groups in total. The van der Waals surface area contributed by atoms with Gasteiger partial charge in [0.25, 0.3) is 5.91 Å². The lowest BCUT2D eigenvalue weighted by Gasteiger charge is -2.55. The van der Waals surface area contributed by atoms with Crippen LogP contribution in [-0.2, 0) is 19.1 Å². The molecule has 0 heterocycles. The van der Waals surface area contributed by atoms with Gasteiger partial charge in [0.15, 0.2) is 6.10 Å². The molecule has 4 saturated carbocycles. The van der Waals surface area contributed by atoms with E-state index in [1.165, 1.54) is 26.2 Å². The fourth-order valence-corrected chi connectivity index (χ4v) is 5.39. The highest BCUT2D eigenvalue weighted by molar-refractivity contribution is 5.96. The van der Waals surface area contributed by atoms with Crippen LogP contribution in [0, 0.1) is 23.2 Å². The molecule has 0 aromatic rings. The Morgan fingerprint density at radius 3 is 2.12 bits per heavy atom. The lowest BCUT2D eigenvalue weighted by molar-refractivity contribution is -0.154. The van der Waals surface area contributed by atoms with Gasteiger partial charge in [-0.25, -0.2) is 4.79 Å². The van der Waals surface area contributed by atoms with E-state index in [0.29, 0.717) is 17.8 Å². The Labute approximate surface area is 152 Å². The Morgan fingerprint density at radius 2 is 1.62 bits per heavy atom. The van der Waals surface area contributed by atoms with Gasteiger partial charge in [0, 0.05) is 12.0 Å². The molecule has 144 valence electrons. The van der Waals surface area contributed by atoms with E-state index in [9.17, 15) is 19.2 Å². The van der Waals surface area contributed by atoms with Crippen LogP contribution in [-0.4, -0.2) is 36.5 Å². The minimum absolute atomic E-state index is 0.0215. The van der Waals surface area contributed by atoms with E-state index < -0.39 is 24.0 Å². The predicted octanol–water partition coefficient (Wildman–Crippen LogP) is 0.836. The number of ether oxygens (including phenoxy) is 1. The van der Waals surface area contributed by atoms with Gasteiger partial charge in [-0.3, -0.25) is 19.7 Å². The fourth-order valence-electron chi connectivity index (χ4n) is 5.39. The highest BCUT2D eigenvalue weighted by Crippen LogP contribution is 2.60. The number of esters is 1. The van der Waals surface area contributed by atoms with Gasteiger partial charge in [0.1, 0.15) is 0 Å². The third-order valence-electron chi connectivity index (χ3n) is 6.06. The topological polar surface area (TPSA) is 128 Å². The first-order valence-electron chi connectivity index (χ1n) is 9.35. The lowest BCUT2D eigenvalue weighted by atomic mass is 9.49. The fraction of sp³-hybridized carbons (Fsp3) is 0.778. The van der Waals surface area contributed by atoms with Crippen LogP contribution in [0.4, 0.5) is 4.79 Å². The third kappa shape index (κ3) is 3.99. The van der Waals surface area contributed by atoms with Crippen LogP contribution in [0.5, 0.6) is 0 Å². The van der Waals surface area contributed by atoms with E-state index >= 15 is 0 Å². The predicted molar refractivity (Wildman–Crippen MR) is 91.5 cm³/mol. The van der Waals surface area contributed by atoms with E-state index in [2.05, 4.69) is 5.32 Å². The van der Waals surface area contributed by atoms with Crippen LogP contribution in [0.15, 0.2) is 0 Å². The summed E-state index contributed by atoms with van der Waals surface area (Å²) in [6.45, 7) is 1.54. The van der Waals surface area contributed by atoms with Gasteiger partial charge < -0.3 is 15.8 Å². The molecule has 4 aliphatic rings. The molecule has 0 aromatic heterocycles. The number of rotatable bonds is 6. The maximum Gasteiger partial charge on any atom is 0.318 e. The average Bonchev–Trinajstić information content (AvgIpc) is 2.52. The molecule has 1 atom stereocenters. The summed E-state index contributed by atoms with van der Waals surface area (Å²) in [5.41, 5.74) is 4.60. The second-order valence-corrected chi connectivity index (χ2v) is 8.19. The number of urea groups is 1. The summed E-state index contributed by atoms with van der Waals surface area (Å²) in [7, 11) is 0. The van der Waals surface area contributed by atoms with E-state index in [0.717, 1.165) is 19.3 Å². The largest absolute Gasteiger partial charge is 0.452 e. The molecule has 0 unspecified atom stereocenters. The number of hydrogen-bond donors (Lipinski definition) is 3. The van der Waals surface area contributed by atoms with Crippen molar-refractivity contribution in [2.45, 2.75) is 58.0 Å². The molecule has 0 saturated heterocycles. The Hall–Kier alpha value is -2.12. The molecule has 4 rings (SSSR count). The second-order valence-electron chi connectivity index (χ2n) is 8.19. The SMILES string of the molecule is C[C@H](OC(=O)CCNC(=O)C12CC3CC(CC(C3)C1)C2)C(=O)NC(N)=O. The number of primary amides is 1. The lowest BCUT2D eigenvalue weighted by Crippen LogP contribution is -2.53. The van der Waals surface area contributed by atoms with Crippen molar-refractivity contribution < 1.29 is 23.9 Å². The Morgan fingerprint density at radius 1 is 1.08 bits per heavy atom. The molecule has 4 bridgehead atoms. The summed E-state index contributed by atoms with van der Waals surface area (Å²) in [5, 5.41) is 4.74. The van der Waals surface area contributed by atoms with Gasteiger partial charge in [0.05, 0.1) is 6.42 Å². The number of carbonyl (C=O) groups excluding carboxylic acids is 4. The summed E-state index contributed by atoms with van der Waals surface area (Å²) >= 11 is 0. The highest BCUT2D eigenvalue weighted by Gasteiger charge is 2.54. The molecule has 8 heteroatoms. The average molecular weight is 365 g/mol. The van der Waals surface area contributed by atoms with Gasteiger partial charge in [0.2, 0.25) is 5.91 Å². The summed E-state index contributed by atoms with van der Waals surface area (Å²) in [6.07, 6.45) is 5.58. The molecule has 4 amide bonds. The molecule has 8 nitrogen and oxygen atoms in total. The summed E-state index contributed by atoms with van der Waals surface area (Å²) in [6, 6.07) is -0.999. The van der Waals surface area contributed by atoms with E-state index in [1.807, 2.05) is 5.32 Å². The van der Waals surface area contributed by atoms with E-state index in [1.54, 1.807) is 0 Å². The zero-order chi connectivity index (χ0) is 18.9. The minimum Gasteiger partial charge on any atom is -0.452 e. The van der Waals surface area contributed by atoms with Crippen LogP contribution in [0.1, 0.15) is 51.9 Å². The van der Waals surface area contributed by atoms with Crippen molar-refractivity contribution >= 4 is 23.8 Å². The maximum absolute atomic E-state index is 12.8. The van der Waals surface area contributed by atoms with Crippen LogP contribution in [0.2, 0.25) is 0 Å². The molecule has 4 aliphatic carbocycles. The molecule has 0 aromatic carbocycles. The molecular weight excluding hydrogens is 338 g/mol. The normalized spacial score (nSPS) is 32.6. The molecule has 0 spiro atoms. The first-order chi connectivity index (χ1) is 12.3. The van der Waals surface area contributed by atoms with Crippen molar-refractivity contribution in [3.63, 3.8) is 0 Å². The van der Waals surface area contributed by atoms with Crippen molar-refractivity contribution in [2.75, 3.05) is 6.54 Å². The highest BCUT2D eigenvalue weighted by atomic mass is 16.5. The van der Waals surface area contributed by atoms with Crippen molar-refractivity contribution in [3.05, 3.63) is 0 Å². The van der Waals surface area contributed by atoms with Crippen molar-refractivity contribution in [3.8, 4) is 0 Å². The molecule has 0 aliphatic heterocycles. The zero-order valence-electron chi connectivity index (χ0n) is 15.1. The molecular formula is C18H27N3O5. The Bertz CT molecular complexity index is 583. The monoisotopic (exact) mass is 365 g/mol. The summed E-state index contributed by atoms with van der Waals surface area (Å²) in [4.78, 5) is 46.6. The van der Waals surface area contributed by atoms with Crippen LogP contribution < -0.4 is 16.4 Å². The maximum atomic E-state index is 12.8. The summed E-state index contributed by atoms with van der Waals surface area (Å²) < 4.78 is 4.93. The Balaban J connectivity index is 1.42. The van der Waals surface area contributed by atoms with Gasteiger partial charge in [-0.05, 0) is 63.2 Å². The first-order valence-corrected chi connectivity index (χ1v) is 9.35. The van der Waals surface area contributed by atoms with Crippen molar-refractivity contribution in [1.29, 1.82) is 0 Å². The van der Waals surface area contributed by atoms with Crippen molar-refractivity contribution in [2.24, 2.45) is 28.9 Å². The van der Waals surface area contributed by atoms with E-state index in [4.69, 9.17) is 10.5 Å². The number of hydrogen-bond acceptors (Lipinski definition) is 5. The van der Waals surface area contributed by atoms with E-state index in [-0.39, 0.29) is 24.3 Å². The first kappa shape index (κ1) is 18.7. The minimum atomic E-state index is -1.12. The number of amides is 4. The van der Waals surface area contributed by atoms with Gasteiger partial charge in [-0.2, -0.15) is 0 Å². The number of carbonyl (C=O) groups is 4. The summed E-state index contributed by atoms with van der Waals surface area (Å²) in [5.74, 6) is 0.722. The van der Waals surface area contributed by atoms with Gasteiger partial charge in [-0.15, -0.1) is 0 Å². The van der Waals surface area contributed by atoms with Crippen molar-refractivity contribution in [1.82, 2.24) is 10.6 Å². The Kier molecular flexibility index (Phi) is 5.20. The second kappa shape index (κ2) is 7.25. The van der Waals surface area contributed by atoms with Crippen LogP contribution >= 0.6 is 0 Å². The number of nitrogens with two attached hydrogens (primary N) is 1. The number of nitrogens with one attached hydrogen (secondary N) is 2. The molecule has 0 radical (unpaired) electrons. The smallest absolute Gasteiger partial charge is 0.318 e. The third-order valence-corrected chi connectivity index (χ3v) is 6.06. The van der Waals surface area contributed by atoms with Gasteiger partial charge in [-0.1, -0.05) is 0 Å². The standard InChI is InChI=1S/C18H27N3O5/c1-10(15(23)21-17(19)25)26-14(22)2-3-20-16(24)18-7-11-4-12(8-18)6-13(5-11)9-18/h10-13H,2-9H2,1H3,(H,20,24)(H3,19,21,23,25)/t10-,11?,12?,13?,18?/m0/s1. The quantitative estimate of drug-likeness (QED) is 0.601.